The topological polar surface area (TPSA) is 65.6 Å². The van der Waals surface area contributed by atoms with Crippen LogP contribution in [0.15, 0.2) is 24.3 Å². The number of nitrogens with two attached hydrogens (primary N) is 1. The SMILES string of the molecule is COc1ccccc1N1CCN(CCC(=N)N)CC1. The van der Waals surface area contributed by atoms with E-state index in [1.54, 1.807) is 7.11 Å². The maximum absolute atomic E-state index is 7.26. The molecule has 0 spiro atoms. The summed E-state index contributed by atoms with van der Waals surface area (Å²) in [4.78, 5) is 4.70. The molecule has 1 saturated heterocycles. The van der Waals surface area contributed by atoms with Gasteiger partial charge in [-0.05, 0) is 12.1 Å². The van der Waals surface area contributed by atoms with Crippen molar-refractivity contribution in [1.29, 1.82) is 5.41 Å². The Kier molecular flexibility index (Phi) is 4.63. The Morgan fingerprint density at radius 1 is 1.26 bits per heavy atom. The lowest BCUT2D eigenvalue weighted by molar-refractivity contribution is 0.264. The molecule has 2 rings (SSSR count). The summed E-state index contributed by atoms with van der Waals surface area (Å²) in [5.41, 5.74) is 6.56. The molecule has 1 aliphatic heterocycles. The minimum atomic E-state index is 0.271. The molecule has 104 valence electrons. The fourth-order valence-electron chi connectivity index (χ4n) is 2.38. The van der Waals surface area contributed by atoms with Gasteiger partial charge in [-0.1, -0.05) is 12.1 Å². The molecule has 0 aliphatic carbocycles. The lowest BCUT2D eigenvalue weighted by atomic mass is 10.2. The van der Waals surface area contributed by atoms with Crippen molar-refractivity contribution >= 4 is 11.5 Å². The maximum atomic E-state index is 7.26. The van der Waals surface area contributed by atoms with Crippen molar-refractivity contribution in [2.75, 3.05) is 44.7 Å². The highest BCUT2D eigenvalue weighted by Gasteiger charge is 2.19. The van der Waals surface area contributed by atoms with Crippen LogP contribution in [0.5, 0.6) is 5.75 Å². The van der Waals surface area contributed by atoms with E-state index in [1.807, 2.05) is 18.2 Å². The van der Waals surface area contributed by atoms with Crippen molar-refractivity contribution in [3.63, 3.8) is 0 Å². The summed E-state index contributed by atoms with van der Waals surface area (Å²) in [6.45, 7) is 4.86. The van der Waals surface area contributed by atoms with Gasteiger partial charge in [-0.3, -0.25) is 10.3 Å². The van der Waals surface area contributed by atoms with Crippen LogP contribution in [0.1, 0.15) is 6.42 Å². The number of piperazine rings is 1. The van der Waals surface area contributed by atoms with Gasteiger partial charge in [0.05, 0.1) is 18.6 Å². The average Bonchev–Trinajstić information content (AvgIpc) is 2.45. The van der Waals surface area contributed by atoms with Crippen LogP contribution in [0.2, 0.25) is 0 Å². The van der Waals surface area contributed by atoms with Gasteiger partial charge >= 0.3 is 0 Å². The second-order valence-electron chi connectivity index (χ2n) is 4.78. The summed E-state index contributed by atoms with van der Waals surface area (Å²) < 4.78 is 5.40. The molecule has 0 saturated carbocycles. The molecule has 0 unspecified atom stereocenters. The van der Waals surface area contributed by atoms with E-state index in [9.17, 15) is 0 Å². The Morgan fingerprint density at radius 2 is 1.95 bits per heavy atom. The number of amidine groups is 1. The van der Waals surface area contributed by atoms with E-state index in [0.717, 1.165) is 44.2 Å². The van der Waals surface area contributed by atoms with Crippen molar-refractivity contribution in [2.45, 2.75) is 6.42 Å². The van der Waals surface area contributed by atoms with E-state index in [1.165, 1.54) is 0 Å². The zero-order valence-corrected chi connectivity index (χ0v) is 11.4. The van der Waals surface area contributed by atoms with Crippen molar-refractivity contribution < 1.29 is 4.74 Å². The summed E-state index contributed by atoms with van der Waals surface area (Å²) in [5.74, 6) is 1.20. The Morgan fingerprint density at radius 3 is 2.58 bits per heavy atom. The molecule has 5 heteroatoms. The number of anilines is 1. The van der Waals surface area contributed by atoms with E-state index < -0.39 is 0 Å². The van der Waals surface area contributed by atoms with Gasteiger partial charge in [0.2, 0.25) is 0 Å². The predicted octanol–water partition coefficient (Wildman–Crippen LogP) is 1.14. The molecule has 0 aromatic heterocycles. The first-order chi connectivity index (χ1) is 9.20. The maximum Gasteiger partial charge on any atom is 0.142 e. The molecule has 1 aromatic rings. The van der Waals surface area contributed by atoms with Crippen LogP contribution >= 0.6 is 0 Å². The van der Waals surface area contributed by atoms with E-state index in [2.05, 4.69) is 15.9 Å². The first-order valence-corrected chi connectivity index (χ1v) is 6.64. The third-order valence-corrected chi connectivity index (χ3v) is 3.50. The van der Waals surface area contributed by atoms with E-state index >= 15 is 0 Å². The minimum absolute atomic E-state index is 0.271. The first kappa shape index (κ1) is 13.7. The van der Waals surface area contributed by atoms with Crippen LogP contribution in [0.4, 0.5) is 5.69 Å². The summed E-state index contributed by atoms with van der Waals surface area (Å²) in [6.07, 6.45) is 0.661. The molecule has 0 amide bonds. The summed E-state index contributed by atoms with van der Waals surface area (Å²) in [7, 11) is 1.71. The van der Waals surface area contributed by atoms with Crippen molar-refractivity contribution in [2.24, 2.45) is 5.73 Å². The second-order valence-corrected chi connectivity index (χ2v) is 4.78. The highest BCUT2D eigenvalue weighted by atomic mass is 16.5. The molecular weight excluding hydrogens is 240 g/mol. The molecule has 0 bridgehead atoms. The Balaban J connectivity index is 1.90. The highest BCUT2D eigenvalue weighted by molar-refractivity contribution is 5.76. The second kappa shape index (κ2) is 6.43. The summed E-state index contributed by atoms with van der Waals surface area (Å²) in [6, 6.07) is 8.13. The summed E-state index contributed by atoms with van der Waals surface area (Å²) >= 11 is 0. The molecule has 1 aromatic carbocycles. The first-order valence-electron chi connectivity index (χ1n) is 6.64. The predicted molar refractivity (Wildman–Crippen MR) is 78.2 cm³/mol. The van der Waals surface area contributed by atoms with Gasteiger partial charge in [0.1, 0.15) is 5.75 Å². The van der Waals surface area contributed by atoms with Gasteiger partial charge in [0, 0.05) is 39.1 Å². The minimum Gasteiger partial charge on any atom is -0.495 e. The van der Waals surface area contributed by atoms with Crippen LogP contribution in [-0.2, 0) is 0 Å². The van der Waals surface area contributed by atoms with Crippen LogP contribution in [0, 0.1) is 5.41 Å². The van der Waals surface area contributed by atoms with Crippen molar-refractivity contribution in [3.8, 4) is 5.75 Å². The number of rotatable bonds is 5. The molecule has 1 heterocycles. The van der Waals surface area contributed by atoms with Crippen LogP contribution in [0.3, 0.4) is 0 Å². The van der Waals surface area contributed by atoms with Gasteiger partial charge in [-0.2, -0.15) is 0 Å². The zero-order valence-electron chi connectivity index (χ0n) is 11.4. The van der Waals surface area contributed by atoms with Gasteiger partial charge < -0.3 is 15.4 Å². The van der Waals surface area contributed by atoms with Crippen molar-refractivity contribution in [1.82, 2.24) is 4.90 Å². The number of hydrogen-bond acceptors (Lipinski definition) is 4. The Bertz CT molecular complexity index is 427. The van der Waals surface area contributed by atoms with E-state index in [4.69, 9.17) is 15.9 Å². The standard InChI is InChI=1S/C14H22N4O/c1-19-13-5-3-2-4-12(13)18-10-8-17(9-11-18)7-6-14(15)16/h2-5H,6-11H2,1H3,(H3,15,16). The smallest absolute Gasteiger partial charge is 0.142 e. The summed E-state index contributed by atoms with van der Waals surface area (Å²) in [5, 5.41) is 7.26. The Hall–Kier alpha value is -1.75. The fourth-order valence-corrected chi connectivity index (χ4v) is 2.38. The highest BCUT2D eigenvalue weighted by Crippen LogP contribution is 2.28. The number of methoxy groups -OCH3 is 1. The monoisotopic (exact) mass is 262 g/mol. The van der Waals surface area contributed by atoms with Crippen molar-refractivity contribution in [3.05, 3.63) is 24.3 Å². The fraction of sp³-hybridized carbons (Fsp3) is 0.500. The van der Waals surface area contributed by atoms with Crippen LogP contribution < -0.4 is 15.4 Å². The molecular formula is C14H22N4O. The van der Waals surface area contributed by atoms with Crippen LogP contribution in [0.25, 0.3) is 0 Å². The van der Waals surface area contributed by atoms with Gasteiger partial charge in [0.25, 0.3) is 0 Å². The molecule has 0 radical (unpaired) electrons. The third kappa shape index (κ3) is 3.61. The number of benzene rings is 1. The van der Waals surface area contributed by atoms with Crippen LogP contribution in [-0.4, -0.2) is 50.6 Å². The Labute approximate surface area is 114 Å². The van der Waals surface area contributed by atoms with E-state index in [0.29, 0.717) is 6.42 Å². The number of hydrogen-bond donors (Lipinski definition) is 2. The molecule has 19 heavy (non-hydrogen) atoms. The molecule has 0 atom stereocenters. The largest absolute Gasteiger partial charge is 0.495 e. The number of nitrogens with one attached hydrogen (secondary N) is 1. The molecule has 5 nitrogen and oxygen atoms in total. The normalized spacial score (nSPS) is 16.4. The van der Waals surface area contributed by atoms with Gasteiger partial charge in [0.15, 0.2) is 0 Å². The zero-order chi connectivity index (χ0) is 13.7. The number of para-hydroxylation sites is 2. The quantitative estimate of drug-likeness (QED) is 0.617. The lowest BCUT2D eigenvalue weighted by Gasteiger charge is -2.36. The lowest BCUT2D eigenvalue weighted by Crippen LogP contribution is -2.47. The average molecular weight is 262 g/mol. The number of nitrogens with zero attached hydrogens (tertiary/aromatic N) is 2. The molecule has 1 aliphatic rings. The van der Waals surface area contributed by atoms with E-state index in [-0.39, 0.29) is 5.84 Å². The molecule has 1 fully saturated rings. The van der Waals surface area contributed by atoms with Gasteiger partial charge in [-0.25, -0.2) is 0 Å². The third-order valence-electron chi connectivity index (χ3n) is 3.50. The number of ether oxygens (including phenoxy) is 1. The molecule has 3 N–H and O–H groups in total. The van der Waals surface area contributed by atoms with Gasteiger partial charge in [-0.15, -0.1) is 0 Å².